The Hall–Kier alpha value is -1.31. The van der Waals surface area contributed by atoms with Crippen molar-refractivity contribution in [3.05, 3.63) is 29.8 Å². The molecule has 0 heterocycles. The lowest BCUT2D eigenvalue weighted by Crippen LogP contribution is -1.87. The molecule has 0 aliphatic rings. The normalized spacial score (nSPS) is 11.4. The fourth-order valence-corrected chi connectivity index (χ4v) is 3.16. The molecule has 1 aromatic carbocycles. The van der Waals surface area contributed by atoms with Crippen LogP contribution in [0.15, 0.2) is 29.3 Å². The molecule has 1 N–H and O–H groups in total. The summed E-state index contributed by atoms with van der Waals surface area (Å²) in [5, 5.41) is 9.64. The van der Waals surface area contributed by atoms with Crippen LogP contribution in [0.25, 0.3) is 0 Å². The number of unbranched alkanes of at least 4 members (excludes halogenated alkanes) is 13. The van der Waals surface area contributed by atoms with Gasteiger partial charge in [0, 0.05) is 18.3 Å². The van der Waals surface area contributed by atoms with Gasteiger partial charge in [0.05, 0.1) is 0 Å². The van der Waals surface area contributed by atoms with Crippen LogP contribution in [-0.4, -0.2) is 17.9 Å². The van der Waals surface area contributed by atoms with Gasteiger partial charge in [-0.2, -0.15) is 0 Å². The zero-order valence-corrected chi connectivity index (χ0v) is 16.4. The van der Waals surface area contributed by atoms with Gasteiger partial charge in [-0.05, 0) is 18.6 Å². The van der Waals surface area contributed by atoms with Crippen LogP contribution >= 0.6 is 0 Å². The van der Waals surface area contributed by atoms with Crippen LogP contribution in [0, 0.1) is 0 Å². The molecule has 0 aliphatic heterocycles. The standard InChI is InChI=1S/C23H39NO/c1-2-3-4-5-6-7-8-9-10-11-12-13-14-17-20-24-21-22-18-15-16-19-23(22)25/h15-16,18-19,21,25H,2-14,17,20H2,1H3. The summed E-state index contributed by atoms with van der Waals surface area (Å²) in [7, 11) is 0. The van der Waals surface area contributed by atoms with Gasteiger partial charge in [-0.15, -0.1) is 0 Å². The van der Waals surface area contributed by atoms with Crippen molar-refractivity contribution in [3.8, 4) is 5.75 Å². The van der Waals surface area contributed by atoms with Gasteiger partial charge < -0.3 is 5.11 Å². The molecule has 2 nitrogen and oxygen atoms in total. The number of rotatable bonds is 16. The molecule has 0 unspecified atom stereocenters. The van der Waals surface area contributed by atoms with E-state index in [0.29, 0.717) is 5.75 Å². The second-order valence-corrected chi connectivity index (χ2v) is 7.19. The molecule has 0 saturated carbocycles. The third kappa shape index (κ3) is 12.7. The van der Waals surface area contributed by atoms with Crippen LogP contribution in [0.1, 0.15) is 102 Å². The fraction of sp³-hybridized carbons (Fsp3) is 0.696. The first-order valence-electron chi connectivity index (χ1n) is 10.6. The quantitative estimate of drug-likeness (QED) is 0.247. The topological polar surface area (TPSA) is 32.6 Å². The maximum atomic E-state index is 9.64. The van der Waals surface area contributed by atoms with Gasteiger partial charge in [0.2, 0.25) is 0 Å². The maximum Gasteiger partial charge on any atom is 0.124 e. The minimum Gasteiger partial charge on any atom is -0.507 e. The predicted octanol–water partition coefficient (Wildman–Crippen LogP) is 7.29. The zero-order chi connectivity index (χ0) is 18.0. The van der Waals surface area contributed by atoms with E-state index in [0.717, 1.165) is 18.5 Å². The second kappa shape index (κ2) is 16.2. The van der Waals surface area contributed by atoms with Crippen molar-refractivity contribution in [1.82, 2.24) is 0 Å². The molecule has 2 heteroatoms. The lowest BCUT2D eigenvalue weighted by atomic mass is 10.0. The fourth-order valence-electron chi connectivity index (χ4n) is 3.16. The summed E-state index contributed by atoms with van der Waals surface area (Å²) in [6, 6.07) is 7.35. The number of nitrogens with zero attached hydrogens (tertiary/aromatic N) is 1. The number of hydrogen-bond acceptors (Lipinski definition) is 2. The van der Waals surface area contributed by atoms with Crippen molar-refractivity contribution in [1.29, 1.82) is 0 Å². The van der Waals surface area contributed by atoms with E-state index in [-0.39, 0.29) is 0 Å². The zero-order valence-electron chi connectivity index (χ0n) is 16.4. The van der Waals surface area contributed by atoms with Crippen molar-refractivity contribution < 1.29 is 5.11 Å². The highest BCUT2D eigenvalue weighted by Gasteiger charge is 1.95. The van der Waals surface area contributed by atoms with Crippen LogP contribution in [0.4, 0.5) is 0 Å². The van der Waals surface area contributed by atoms with Crippen LogP contribution in [0.3, 0.4) is 0 Å². The Morgan fingerprint density at radius 3 is 1.72 bits per heavy atom. The van der Waals surface area contributed by atoms with Crippen LogP contribution in [-0.2, 0) is 0 Å². The van der Waals surface area contributed by atoms with Gasteiger partial charge in [0.25, 0.3) is 0 Å². The van der Waals surface area contributed by atoms with E-state index in [4.69, 9.17) is 0 Å². The highest BCUT2D eigenvalue weighted by Crippen LogP contribution is 2.14. The Morgan fingerprint density at radius 1 is 0.720 bits per heavy atom. The van der Waals surface area contributed by atoms with Crippen molar-refractivity contribution in [3.63, 3.8) is 0 Å². The molecule has 1 aromatic rings. The third-order valence-electron chi connectivity index (χ3n) is 4.81. The Morgan fingerprint density at radius 2 is 1.20 bits per heavy atom. The molecule has 0 aliphatic carbocycles. The van der Waals surface area contributed by atoms with Gasteiger partial charge in [0.1, 0.15) is 5.75 Å². The van der Waals surface area contributed by atoms with E-state index in [1.54, 1.807) is 12.3 Å². The summed E-state index contributed by atoms with van der Waals surface area (Å²) in [5.41, 5.74) is 0.813. The molecule has 0 saturated heterocycles. The average Bonchev–Trinajstić information content (AvgIpc) is 2.63. The number of aliphatic imine (C=N–C) groups is 1. The number of aromatic hydroxyl groups is 1. The first kappa shape index (κ1) is 21.7. The first-order chi connectivity index (χ1) is 12.3. The Balaban J connectivity index is 1.81. The van der Waals surface area contributed by atoms with E-state index in [1.165, 1.54) is 83.5 Å². The SMILES string of the molecule is CCCCCCCCCCCCCCCCN=Cc1ccccc1O. The molecule has 0 amide bonds. The number of hydrogen-bond donors (Lipinski definition) is 1. The van der Waals surface area contributed by atoms with E-state index < -0.39 is 0 Å². The van der Waals surface area contributed by atoms with Crippen molar-refractivity contribution in [2.75, 3.05) is 6.54 Å². The molecular formula is C23H39NO. The maximum absolute atomic E-state index is 9.64. The molecule has 0 spiro atoms. The monoisotopic (exact) mass is 345 g/mol. The minimum absolute atomic E-state index is 0.312. The third-order valence-corrected chi connectivity index (χ3v) is 4.81. The Labute approximate surface area is 155 Å². The van der Waals surface area contributed by atoms with Gasteiger partial charge in [-0.25, -0.2) is 0 Å². The largest absolute Gasteiger partial charge is 0.507 e. The summed E-state index contributed by atoms with van der Waals surface area (Å²) in [4.78, 5) is 4.41. The molecule has 0 fully saturated rings. The molecule has 0 bridgehead atoms. The van der Waals surface area contributed by atoms with E-state index in [2.05, 4.69) is 11.9 Å². The molecule has 1 rings (SSSR count). The van der Waals surface area contributed by atoms with Crippen molar-refractivity contribution >= 4 is 6.21 Å². The molecule has 0 atom stereocenters. The number of para-hydroxylation sites is 1. The summed E-state index contributed by atoms with van der Waals surface area (Å²) in [6.07, 6.45) is 21.2. The van der Waals surface area contributed by atoms with Gasteiger partial charge >= 0.3 is 0 Å². The number of phenolic OH excluding ortho intramolecular Hbond substituents is 1. The summed E-state index contributed by atoms with van der Waals surface area (Å²) in [5.74, 6) is 0.312. The minimum atomic E-state index is 0.312. The predicted molar refractivity (Wildman–Crippen MR) is 111 cm³/mol. The lowest BCUT2D eigenvalue weighted by molar-refractivity contribution is 0.474. The smallest absolute Gasteiger partial charge is 0.124 e. The van der Waals surface area contributed by atoms with E-state index >= 15 is 0 Å². The molecular weight excluding hydrogens is 306 g/mol. The number of benzene rings is 1. The van der Waals surface area contributed by atoms with Gasteiger partial charge in [0.15, 0.2) is 0 Å². The Kier molecular flexibility index (Phi) is 14.1. The summed E-state index contributed by atoms with van der Waals surface area (Å²) in [6.45, 7) is 3.15. The van der Waals surface area contributed by atoms with E-state index in [1.807, 2.05) is 18.2 Å². The average molecular weight is 346 g/mol. The number of phenols is 1. The van der Waals surface area contributed by atoms with Gasteiger partial charge in [-0.3, -0.25) is 4.99 Å². The van der Waals surface area contributed by atoms with Gasteiger partial charge in [-0.1, -0.05) is 103 Å². The molecule has 25 heavy (non-hydrogen) atoms. The van der Waals surface area contributed by atoms with E-state index in [9.17, 15) is 5.11 Å². The van der Waals surface area contributed by atoms with Crippen LogP contribution in [0.5, 0.6) is 5.75 Å². The lowest BCUT2D eigenvalue weighted by Gasteiger charge is -2.03. The van der Waals surface area contributed by atoms with Crippen LogP contribution < -0.4 is 0 Å². The molecule has 0 aromatic heterocycles. The molecule has 142 valence electrons. The summed E-state index contributed by atoms with van der Waals surface area (Å²) >= 11 is 0. The second-order valence-electron chi connectivity index (χ2n) is 7.19. The Bertz CT molecular complexity index is 441. The highest BCUT2D eigenvalue weighted by molar-refractivity contribution is 5.83. The van der Waals surface area contributed by atoms with Crippen molar-refractivity contribution in [2.24, 2.45) is 4.99 Å². The highest BCUT2D eigenvalue weighted by atomic mass is 16.3. The van der Waals surface area contributed by atoms with Crippen LogP contribution in [0.2, 0.25) is 0 Å². The van der Waals surface area contributed by atoms with Crippen molar-refractivity contribution in [2.45, 2.75) is 96.8 Å². The first-order valence-corrected chi connectivity index (χ1v) is 10.6. The summed E-state index contributed by atoms with van der Waals surface area (Å²) < 4.78 is 0. The molecule has 0 radical (unpaired) electrons.